The molecule has 2 atom stereocenters. The van der Waals surface area contributed by atoms with E-state index in [0.29, 0.717) is 6.61 Å². The highest BCUT2D eigenvalue weighted by Crippen LogP contribution is 2.03. The normalized spacial score (nSPS) is 24.2. The number of hydrogen-bond donors (Lipinski definition) is 2. The number of rotatable bonds is 7. The Kier molecular flexibility index (Phi) is 7.23. The van der Waals surface area contributed by atoms with Crippen molar-refractivity contribution in [1.29, 1.82) is 0 Å². The molecule has 2 unspecified atom stereocenters. The lowest BCUT2D eigenvalue weighted by Gasteiger charge is -2.28. The number of amides is 1. The van der Waals surface area contributed by atoms with Gasteiger partial charge in [0, 0.05) is 19.1 Å². The third kappa shape index (κ3) is 5.80. The Bertz CT molecular complexity index is 244. The van der Waals surface area contributed by atoms with Gasteiger partial charge in [0.05, 0.1) is 18.8 Å². The first kappa shape index (κ1) is 15.4. The average Bonchev–Trinajstić information content (AvgIpc) is 2.36. The Morgan fingerprint density at radius 1 is 1.44 bits per heavy atom. The molecule has 0 bridgehead atoms. The van der Waals surface area contributed by atoms with Crippen molar-refractivity contribution >= 4 is 5.91 Å². The van der Waals surface area contributed by atoms with Gasteiger partial charge in [0.15, 0.2) is 0 Å². The molecule has 1 fully saturated rings. The second-order valence-electron chi connectivity index (χ2n) is 4.82. The molecule has 1 heterocycles. The van der Waals surface area contributed by atoms with Gasteiger partial charge < -0.3 is 20.1 Å². The molecule has 0 aromatic heterocycles. The first-order chi connectivity index (χ1) is 8.65. The van der Waals surface area contributed by atoms with E-state index in [1.54, 1.807) is 0 Å². The number of nitrogens with one attached hydrogen (secondary N) is 2. The maximum absolute atomic E-state index is 11.6. The zero-order valence-corrected chi connectivity index (χ0v) is 11.7. The summed E-state index contributed by atoms with van der Waals surface area (Å²) in [6.07, 6.45) is 2.17. The van der Waals surface area contributed by atoms with Crippen LogP contribution in [0.25, 0.3) is 0 Å². The molecule has 106 valence electrons. The quantitative estimate of drug-likeness (QED) is 0.705. The summed E-state index contributed by atoms with van der Waals surface area (Å²) in [6, 6.07) is 0.258. The summed E-state index contributed by atoms with van der Waals surface area (Å²) in [4.78, 5) is 11.6. The molecule has 1 rings (SSSR count). The van der Waals surface area contributed by atoms with Crippen molar-refractivity contribution < 1.29 is 14.3 Å². The Morgan fingerprint density at radius 3 is 2.78 bits per heavy atom. The van der Waals surface area contributed by atoms with Crippen LogP contribution in [0, 0.1) is 0 Å². The molecule has 1 aliphatic rings. The summed E-state index contributed by atoms with van der Waals surface area (Å²) in [5.41, 5.74) is 0. The van der Waals surface area contributed by atoms with Crippen LogP contribution < -0.4 is 10.6 Å². The highest BCUT2D eigenvalue weighted by Gasteiger charge is 2.19. The van der Waals surface area contributed by atoms with E-state index in [-0.39, 0.29) is 30.8 Å². The zero-order chi connectivity index (χ0) is 13.4. The highest BCUT2D eigenvalue weighted by molar-refractivity contribution is 5.77. The molecule has 0 aromatic rings. The number of ether oxygens (including phenoxy) is 2. The molecule has 0 saturated carbocycles. The van der Waals surface area contributed by atoms with Crippen molar-refractivity contribution in [2.75, 3.05) is 26.3 Å². The fraction of sp³-hybridized carbons (Fsp3) is 0.923. The number of carbonyl (C=O) groups is 1. The van der Waals surface area contributed by atoms with Crippen molar-refractivity contribution in [1.82, 2.24) is 10.6 Å². The average molecular weight is 258 g/mol. The minimum atomic E-state index is -0.0412. The largest absolute Gasteiger partial charge is 0.370 e. The molecule has 2 N–H and O–H groups in total. The summed E-state index contributed by atoms with van der Waals surface area (Å²) in [5.74, 6) is -0.0412. The predicted octanol–water partition coefficient (Wildman–Crippen LogP) is 0.685. The van der Waals surface area contributed by atoms with E-state index in [4.69, 9.17) is 9.47 Å². The molecule has 1 amide bonds. The molecule has 1 aliphatic heterocycles. The first-order valence-corrected chi connectivity index (χ1v) is 6.89. The third-order valence-corrected chi connectivity index (χ3v) is 3.12. The van der Waals surface area contributed by atoms with E-state index in [2.05, 4.69) is 24.5 Å². The molecule has 1 saturated heterocycles. The van der Waals surface area contributed by atoms with Gasteiger partial charge in [-0.3, -0.25) is 4.79 Å². The topological polar surface area (TPSA) is 59.6 Å². The maximum atomic E-state index is 11.6. The van der Waals surface area contributed by atoms with Gasteiger partial charge in [-0.2, -0.15) is 0 Å². The Hall–Kier alpha value is -0.650. The SMILES string of the molecule is CCC(CC)NC(=O)COCC1CNCC(C)O1. The van der Waals surface area contributed by atoms with Crippen molar-refractivity contribution in [3.63, 3.8) is 0 Å². The zero-order valence-electron chi connectivity index (χ0n) is 11.7. The summed E-state index contributed by atoms with van der Waals surface area (Å²) in [5, 5.41) is 6.21. The second kappa shape index (κ2) is 8.45. The molecular weight excluding hydrogens is 232 g/mol. The second-order valence-corrected chi connectivity index (χ2v) is 4.82. The van der Waals surface area contributed by atoms with Crippen LogP contribution in [0.1, 0.15) is 33.6 Å². The van der Waals surface area contributed by atoms with Gasteiger partial charge in [0.1, 0.15) is 6.61 Å². The van der Waals surface area contributed by atoms with Crippen LogP contribution in [0.5, 0.6) is 0 Å². The van der Waals surface area contributed by atoms with Crippen LogP contribution in [0.15, 0.2) is 0 Å². The predicted molar refractivity (Wildman–Crippen MR) is 70.5 cm³/mol. The van der Waals surface area contributed by atoms with E-state index in [9.17, 15) is 4.79 Å². The summed E-state index contributed by atoms with van der Waals surface area (Å²) >= 11 is 0. The number of carbonyl (C=O) groups excluding carboxylic acids is 1. The van der Waals surface area contributed by atoms with Crippen LogP contribution in [-0.4, -0.2) is 50.5 Å². The van der Waals surface area contributed by atoms with Crippen LogP contribution in [0.2, 0.25) is 0 Å². The number of morpholine rings is 1. The van der Waals surface area contributed by atoms with Crippen molar-refractivity contribution in [3.8, 4) is 0 Å². The van der Waals surface area contributed by atoms with Crippen LogP contribution in [0.4, 0.5) is 0 Å². The van der Waals surface area contributed by atoms with Gasteiger partial charge in [0.2, 0.25) is 5.91 Å². The smallest absolute Gasteiger partial charge is 0.246 e. The van der Waals surface area contributed by atoms with E-state index in [0.717, 1.165) is 25.9 Å². The monoisotopic (exact) mass is 258 g/mol. The Balaban J connectivity index is 2.11. The van der Waals surface area contributed by atoms with E-state index < -0.39 is 0 Å². The Morgan fingerprint density at radius 2 is 2.17 bits per heavy atom. The molecular formula is C13H26N2O3. The van der Waals surface area contributed by atoms with Crippen molar-refractivity contribution in [2.45, 2.75) is 51.9 Å². The van der Waals surface area contributed by atoms with E-state index in [1.165, 1.54) is 0 Å². The minimum Gasteiger partial charge on any atom is -0.370 e. The minimum absolute atomic E-state index is 0.0412. The lowest BCUT2D eigenvalue weighted by atomic mass is 10.2. The highest BCUT2D eigenvalue weighted by atomic mass is 16.5. The molecule has 5 heteroatoms. The fourth-order valence-electron chi connectivity index (χ4n) is 2.02. The summed E-state index contributed by atoms with van der Waals surface area (Å²) in [7, 11) is 0. The van der Waals surface area contributed by atoms with E-state index >= 15 is 0 Å². The van der Waals surface area contributed by atoms with Gasteiger partial charge in [-0.25, -0.2) is 0 Å². The molecule has 0 aliphatic carbocycles. The lowest BCUT2D eigenvalue weighted by Crippen LogP contribution is -2.46. The van der Waals surface area contributed by atoms with Crippen LogP contribution >= 0.6 is 0 Å². The summed E-state index contributed by atoms with van der Waals surface area (Å²) < 4.78 is 11.1. The molecule has 0 aromatic carbocycles. The molecule has 0 radical (unpaired) electrons. The van der Waals surface area contributed by atoms with Gasteiger partial charge in [-0.15, -0.1) is 0 Å². The van der Waals surface area contributed by atoms with Crippen LogP contribution in [-0.2, 0) is 14.3 Å². The Labute approximate surface area is 110 Å². The molecule has 0 spiro atoms. The van der Waals surface area contributed by atoms with Gasteiger partial charge in [0.25, 0.3) is 0 Å². The standard InChI is InChI=1S/C13H26N2O3/c1-4-11(5-2)15-13(16)9-17-8-12-7-14-6-10(3)18-12/h10-12,14H,4-9H2,1-3H3,(H,15,16). The van der Waals surface area contributed by atoms with E-state index in [1.807, 2.05) is 6.92 Å². The molecule has 18 heavy (non-hydrogen) atoms. The fourth-order valence-corrected chi connectivity index (χ4v) is 2.02. The maximum Gasteiger partial charge on any atom is 0.246 e. The van der Waals surface area contributed by atoms with Crippen molar-refractivity contribution in [3.05, 3.63) is 0 Å². The van der Waals surface area contributed by atoms with Gasteiger partial charge >= 0.3 is 0 Å². The molecule has 5 nitrogen and oxygen atoms in total. The summed E-state index contributed by atoms with van der Waals surface area (Å²) in [6.45, 7) is 8.41. The third-order valence-electron chi connectivity index (χ3n) is 3.12. The van der Waals surface area contributed by atoms with Gasteiger partial charge in [-0.1, -0.05) is 13.8 Å². The van der Waals surface area contributed by atoms with Crippen molar-refractivity contribution in [2.24, 2.45) is 0 Å². The van der Waals surface area contributed by atoms with Crippen LogP contribution in [0.3, 0.4) is 0 Å². The van der Waals surface area contributed by atoms with Gasteiger partial charge in [-0.05, 0) is 19.8 Å². The number of hydrogen-bond acceptors (Lipinski definition) is 4. The first-order valence-electron chi connectivity index (χ1n) is 6.89. The lowest BCUT2D eigenvalue weighted by molar-refractivity contribution is -0.129.